The van der Waals surface area contributed by atoms with Gasteiger partial charge < -0.3 is 20.5 Å². The largest absolute Gasteiger partial charge is 0.411 e. The van der Waals surface area contributed by atoms with E-state index in [1.54, 1.807) is 0 Å². The highest BCUT2D eigenvalue weighted by Gasteiger charge is 2.40. The van der Waals surface area contributed by atoms with E-state index in [9.17, 15) is 27.9 Å². The lowest BCUT2D eigenvalue weighted by Crippen LogP contribution is -2.57. The maximum absolute atomic E-state index is 11.8. The van der Waals surface area contributed by atoms with E-state index < -0.39 is 30.2 Å². The SMILES string of the molecule is NC(=O)C1(O)CCCN(C(=O)CCOCC(F)(F)F)C1. The summed E-state index contributed by atoms with van der Waals surface area (Å²) in [5.74, 6) is -1.39. The number of nitrogens with two attached hydrogens (primary N) is 1. The number of aliphatic hydroxyl groups is 1. The first-order valence-corrected chi connectivity index (χ1v) is 6.09. The van der Waals surface area contributed by atoms with Crippen LogP contribution in [0.4, 0.5) is 13.2 Å². The van der Waals surface area contributed by atoms with Gasteiger partial charge in [0.15, 0.2) is 5.60 Å². The van der Waals surface area contributed by atoms with E-state index in [1.807, 2.05) is 0 Å². The third-order valence-electron chi connectivity index (χ3n) is 3.01. The van der Waals surface area contributed by atoms with E-state index in [0.29, 0.717) is 13.0 Å². The van der Waals surface area contributed by atoms with Gasteiger partial charge in [-0.2, -0.15) is 13.2 Å². The quantitative estimate of drug-likeness (QED) is 0.687. The molecule has 1 atom stereocenters. The van der Waals surface area contributed by atoms with Crippen molar-refractivity contribution >= 4 is 11.8 Å². The fourth-order valence-electron chi connectivity index (χ4n) is 1.96. The number of amides is 2. The second-order valence-electron chi connectivity index (χ2n) is 4.73. The van der Waals surface area contributed by atoms with Gasteiger partial charge in [-0.1, -0.05) is 0 Å². The van der Waals surface area contributed by atoms with Gasteiger partial charge >= 0.3 is 6.18 Å². The minimum Gasteiger partial charge on any atom is -0.378 e. The Balaban J connectivity index is 2.38. The average Bonchev–Trinajstić information content (AvgIpc) is 2.33. The minimum absolute atomic E-state index is 0.163. The third-order valence-corrected chi connectivity index (χ3v) is 3.01. The first-order valence-electron chi connectivity index (χ1n) is 6.09. The predicted molar refractivity (Wildman–Crippen MR) is 61.4 cm³/mol. The highest BCUT2D eigenvalue weighted by Crippen LogP contribution is 2.21. The molecule has 1 unspecified atom stereocenters. The predicted octanol–water partition coefficient (Wildman–Crippen LogP) is -0.206. The number of halogens is 3. The number of primary amides is 1. The molecule has 1 aliphatic heterocycles. The Labute approximate surface area is 113 Å². The summed E-state index contributed by atoms with van der Waals surface area (Å²) in [7, 11) is 0. The number of β-amino-alcohol motifs (C(OH)–C–C–N with tert-alkyl or cyclic N) is 1. The zero-order valence-electron chi connectivity index (χ0n) is 10.8. The number of piperidine rings is 1. The first kappa shape index (κ1) is 16.7. The molecule has 1 fully saturated rings. The van der Waals surface area contributed by atoms with Crippen molar-refractivity contribution in [2.45, 2.75) is 31.0 Å². The van der Waals surface area contributed by atoms with Crippen molar-refractivity contribution in [1.82, 2.24) is 4.90 Å². The molecule has 0 radical (unpaired) electrons. The summed E-state index contributed by atoms with van der Waals surface area (Å²) in [6.07, 6.45) is -4.11. The minimum atomic E-state index is -4.43. The van der Waals surface area contributed by atoms with Crippen LogP contribution in [-0.2, 0) is 14.3 Å². The van der Waals surface area contributed by atoms with Crippen molar-refractivity contribution in [3.8, 4) is 0 Å². The van der Waals surface area contributed by atoms with E-state index in [0.717, 1.165) is 0 Å². The molecule has 0 aromatic heterocycles. The number of alkyl halides is 3. The molecule has 0 spiro atoms. The Hall–Kier alpha value is -1.35. The molecule has 2 amide bonds. The van der Waals surface area contributed by atoms with Crippen LogP contribution in [0.5, 0.6) is 0 Å². The summed E-state index contributed by atoms with van der Waals surface area (Å²) in [5.41, 5.74) is 3.29. The molecular formula is C11H17F3N2O4. The van der Waals surface area contributed by atoms with Crippen molar-refractivity contribution in [3.63, 3.8) is 0 Å². The smallest absolute Gasteiger partial charge is 0.378 e. The fraction of sp³-hybridized carbons (Fsp3) is 0.818. The summed E-state index contributed by atoms with van der Waals surface area (Å²) >= 11 is 0. The van der Waals surface area contributed by atoms with Crippen molar-refractivity contribution in [2.75, 3.05) is 26.3 Å². The lowest BCUT2D eigenvalue weighted by atomic mass is 9.92. The van der Waals surface area contributed by atoms with Crippen molar-refractivity contribution in [3.05, 3.63) is 0 Å². The fourth-order valence-corrected chi connectivity index (χ4v) is 1.96. The molecule has 0 saturated carbocycles. The number of hydrogen-bond acceptors (Lipinski definition) is 4. The number of carbonyl (C=O) groups is 2. The molecule has 6 nitrogen and oxygen atoms in total. The van der Waals surface area contributed by atoms with Crippen LogP contribution in [0.1, 0.15) is 19.3 Å². The molecule has 0 aromatic rings. The molecule has 1 saturated heterocycles. The van der Waals surface area contributed by atoms with E-state index in [-0.39, 0.29) is 26.0 Å². The zero-order valence-corrected chi connectivity index (χ0v) is 10.8. The topological polar surface area (TPSA) is 92.9 Å². The van der Waals surface area contributed by atoms with Gasteiger partial charge in [0, 0.05) is 6.54 Å². The van der Waals surface area contributed by atoms with Gasteiger partial charge in [-0.25, -0.2) is 0 Å². The number of ether oxygens (including phenoxy) is 1. The second-order valence-corrected chi connectivity index (χ2v) is 4.73. The Kier molecular flexibility index (Phi) is 5.35. The highest BCUT2D eigenvalue weighted by atomic mass is 19.4. The molecule has 3 N–H and O–H groups in total. The Bertz CT molecular complexity index is 375. The van der Waals surface area contributed by atoms with Crippen LogP contribution in [0, 0.1) is 0 Å². The van der Waals surface area contributed by atoms with Crippen LogP contribution in [0.2, 0.25) is 0 Å². The van der Waals surface area contributed by atoms with E-state index in [1.165, 1.54) is 4.90 Å². The van der Waals surface area contributed by atoms with E-state index >= 15 is 0 Å². The maximum Gasteiger partial charge on any atom is 0.411 e. The maximum atomic E-state index is 11.8. The molecule has 9 heteroatoms. The zero-order chi connectivity index (χ0) is 15.4. The van der Waals surface area contributed by atoms with Crippen LogP contribution < -0.4 is 5.73 Å². The van der Waals surface area contributed by atoms with Crippen molar-refractivity contribution < 1.29 is 32.6 Å². The Morgan fingerprint density at radius 2 is 2.05 bits per heavy atom. The average molecular weight is 298 g/mol. The lowest BCUT2D eigenvalue weighted by molar-refractivity contribution is -0.175. The van der Waals surface area contributed by atoms with Crippen LogP contribution >= 0.6 is 0 Å². The van der Waals surface area contributed by atoms with Crippen LogP contribution in [0.3, 0.4) is 0 Å². The molecule has 116 valence electrons. The number of nitrogens with zero attached hydrogens (tertiary/aromatic N) is 1. The van der Waals surface area contributed by atoms with E-state index in [4.69, 9.17) is 5.73 Å². The number of likely N-dealkylation sites (tertiary alicyclic amines) is 1. The van der Waals surface area contributed by atoms with E-state index in [2.05, 4.69) is 4.74 Å². The summed E-state index contributed by atoms with van der Waals surface area (Å²) in [6.45, 7) is -1.69. The molecule has 1 rings (SSSR count). The number of hydrogen-bond donors (Lipinski definition) is 2. The Morgan fingerprint density at radius 1 is 1.40 bits per heavy atom. The first-order chi connectivity index (χ1) is 9.14. The van der Waals surface area contributed by atoms with Crippen molar-refractivity contribution in [1.29, 1.82) is 0 Å². The summed E-state index contributed by atoms with van der Waals surface area (Å²) in [6, 6.07) is 0. The third kappa shape index (κ3) is 4.97. The second kappa shape index (κ2) is 6.40. The highest BCUT2D eigenvalue weighted by molar-refractivity contribution is 5.85. The standard InChI is InChI=1S/C11H17F3N2O4/c12-11(13,14)7-20-5-2-8(17)16-4-1-3-10(19,6-16)9(15)18/h19H,1-7H2,(H2,15,18). The molecule has 1 heterocycles. The van der Waals surface area contributed by atoms with Gasteiger partial charge in [0.05, 0.1) is 19.6 Å². The molecule has 0 bridgehead atoms. The summed E-state index contributed by atoms with van der Waals surface area (Å²) in [4.78, 5) is 24.0. The van der Waals surface area contributed by atoms with Gasteiger partial charge in [-0.05, 0) is 12.8 Å². The molecule has 20 heavy (non-hydrogen) atoms. The monoisotopic (exact) mass is 298 g/mol. The lowest BCUT2D eigenvalue weighted by Gasteiger charge is -2.37. The van der Waals surface area contributed by atoms with Crippen molar-refractivity contribution in [2.24, 2.45) is 5.73 Å². The van der Waals surface area contributed by atoms with Gasteiger partial charge in [0.1, 0.15) is 6.61 Å². The molecule has 0 aromatic carbocycles. The number of rotatable bonds is 5. The van der Waals surface area contributed by atoms with Gasteiger partial charge in [-0.3, -0.25) is 9.59 Å². The molecule has 1 aliphatic rings. The van der Waals surface area contributed by atoms with Gasteiger partial charge in [-0.15, -0.1) is 0 Å². The normalized spacial score (nSPS) is 23.7. The number of carbonyl (C=O) groups excluding carboxylic acids is 2. The molecule has 0 aliphatic carbocycles. The van der Waals surface area contributed by atoms with Crippen LogP contribution in [-0.4, -0.2) is 59.9 Å². The van der Waals surface area contributed by atoms with Gasteiger partial charge in [0.2, 0.25) is 5.91 Å². The summed E-state index contributed by atoms with van der Waals surface area (Å²) in [5, 5.41) is 9.90. The van der Waals surface area contributed by atoms with Gasteiger partial charge in [0.25, 0.3) is 5.91 Å². The molecular weight excluding hydrogens is 281 g/mol. The Morgan fingerprint density at radius 3 is 2.60 bits per heavy atom. The summed E-state index contributed by atoms with van der Waals surface area (Å²) < 4.78 is 39.8. The van der Waals surface area contributed by atoms with Crippen LogP contribution in [0.15, 0.2) is 0 Å². The van der Waals surface area contributed by atoms with Crippen LogP contribution in [0.25, 0.3) is 0 Å².